The Morgan fingerprint density at radius 2 is 1.92 bits per heavy atom. The van der Waals surface area contributed by atoms with Crippen molar-refractivity contribution in [1.29, 1.82) is 0 Å². The molecular formula is C11H18O2. The van der Waals surface area contributed by atoms with Crippen molar-refractivity contribution in [1.82, 2.24) is 0 Å². The number of rotatable bonds is 3. The monoisotopic (exact) mass is 182 g/mol. The summed E-state index contributed by atoms with van der Waals surface area (Å²) in [6.45, 7) is 0.539. The molecule has 0 heterocycles. The summed E-state index contributed by atoms with van der Waals surface area (Å²) < 4.78 is 5.01. The predicted octanol–water partition coefficient (Wildman–Crippen LogP) is 1.29. The van der Waals surface area contributed by atoms with Crippen LogP contribution >= 0.6 is 0 Å². The molecule has 3 fully saturated rings. The Kier molecular flexibility index (Phi) is 1.72. The molecule has 0 aromatic carbocycles. The molecular weight excluding hydrogens is 164 g/mol. The van der Waals surface area contributed by atoms with E-state index >= 15 is 0 Å². The van der Waals surface area contributed by atoms with E-state index in [2.05, 4.69) is 0 Å². The third-order valence-corrected chi connectivity index (χ3v) is 4.58. The molecule has 2 nitrogen and oxygen atoms in total. The smallest absolute Gasteiger partial charge is 0.0807 e. The number of hydrogen-bond donors (Lipinski definition) is 1. The first-order valence-corrected chi connectivity index (χ1v) is 5.50. The molecule has 2 bridgehead atoms. The van der Waals surface area contributed by atoms with Crippen LogP contribution in [0.5, 0.6) is 0 Å². The lowest BCUT2D eigenvalue weighted by Crippen LogP contribution is -2.20. The Morgan fingerprint density at radius 3 is 2.46 bits per heavy atom. The first-order valence-electron chi connectivity index (χ1n) is 5.50. The lowest BCUT2D eigenvalue weighted by atomic mass is 9.99. The van der Waals surface area contributed by atoms with Gasteiger partial charge >= 0.3 is 0 Å². The van der Waals surface area contributed by atoms with E-state index < -0.39 is 0 Å². The van der Waals surface area contributed by atoms with Gasteiger partial charge in [-0.3, -0.25) is 0 Å². The standard InChI is InChI=1S/C11H18O2/c1-13-5-8(12)11-9-6-2-3-7(4-6)10(9)11/h6-12H,2-5H2,1H3. The van der Waals surface area contributed by atoms with E-state index in [1.165, 1.54) is 19.3 Å². The van der Waals surface area contributed by atoms with Crippen LogP contribution in [0.3, 0.4) is 0 Å². The molecule has 2 heteroatoms. The van der Waals surface area contributed by atoms with Crippen LogP contribution in [0, 0.1) is 29.6 Å². The number of fused-ring (bicyclic) bond motifs is 5. The summed E-state index contributed by atoms with van der Waals surface area (Å²) in [5.41, 5.74) is 0. The summed E-state index contributed by atoms with van der Waals surface area (Å²) in [6.07, 6.45) is 4.15. The summed E-state index contributed by atoms with van der Waals surface area (Å²) in [5, 5.41) is 9.83. The number of aliphatic hydroxyl groups excluding tert-OH is 1. The minimum Gasteiger partial charge on any atom is -0.390 e. The third-order valence-electron chi connectivity index (χ3n) is 4.58. The molecule has 3 rings (SSSR count). The molecule has 0 radical (unpaired) electrons. The minimum absolute atomic E-state index is 0.177. The quantitative estimate of drug-likeness (QED) is 0.712. The number of methoxy groups -OCH3 is 1. The van der Waals surface area contributed by atoms with E-state index in [1.54, 1.807) is 7.11 Å². The predicted molar refractivity (Wildman–Crippen MR) is 49.2 cm³/mol. The molecule has 5 atom stereocenters. The Bertz CT molecular complexity index is 200. The van der Waals surface area contributed by atoms with Crippen LogP contribution in [-0.2, 0) is 4.74 Å². The van der Waals surface area contributed by atoms with Gasteiger partial charge in [-0.1, -0.05) is 0 Å². The summed E-state index contributed by atoms with van der Waals surface area (Å²) in [7, 11) is 1.68. The second kappa shape index (κ2) is 2.71. The minimum atomic E-state index is -0.177. The van der Waals surface area contributed by atoms with Gasteiger partial charge in [-0.25, -0.2) is 0 Å². The van der Waals surface area contributed by atoms with Gasteiger partial charge in [-0.15, -0.1) is 0 Å². The number of ether oxygens (including phenoxy) is 1. The van der Waals surface area contributed by atoms with Gasteiger partial charge in [0.05, 0.1) is 12.7 Å². The van der Waals surface area contributed by atoms with Gasteiger partial charge in [0.2, 0.25) is 0 Å². The summed E-state index contributed by atoms with van der Waals surface area (Å²) in [6, 6.07) is 0. The van der Waals surface area contributed by atoms with E-state index in [1.807, 2.05) is 0 Å². The van der Waals surface area contributed by atoms with Crippen LogP contribution in [0.2, 0.25) is 0 Å². The van der Waals surface area contributed by atoms with Crippen molar-refractivity contribution in [3.8, 4) is 0 Å². The van der Waals surface area contributed by atoms with Crippen molar-refractivity contribution >= 4 is 0 Å². The largest absolute Gasteiger partial charge is 0.390 e. The zero-order valence-corrected chi connectivity index (χ0v) is 8.15. The fourth-order valence-electron chi connectivity index (χ4n) is 4.19. The van der Waals surface area contributed by atoms with Gasteiger partial charge in [0.25, 0.3) is 0 Å². The number of aliphatic hydroxyl groups is 1. The molecule has 0 aromatic rings. The van der Waals surface area contributed by atoms with Crippen LogP contribution in [0.15, 0.2) is 0 Å². The van der Waals surface area contributed by atoms with Crippen LogP contribution in [0.1, 0.15) is 19.3 Å². The average Bonchev–Trinajstić information content (AvgIpc) is 2.57. The fourth-order valence-corrected chi connectivity index (χ4v) is 4.19. The maximum Gasteiger partial charge on any atom is 0.0807 e. The Morgan fingerprint density at radius 1 is 1.31 bits per heavy atom. The maximum atomic E-state index is 9.83. The van der Waals surface area contributed by atoms with Crippen molar-refractivity contribution in [3.63, 3.8) is 0 Å². The van der Waals surface area contributed by atoms with Crippen molar-refractivity contribution in [2.45, 2.75) is 25.4 Å². The second-order valence-corrected chi connectivity index (χ2v) is 5.09. The van der Waals surface area contributed by atoms with Crippen molar-refractivity contribution in [3.05, 3.63) is 0 Å². The lowest BCUT2D eigenvalue weighted by Gasteiger charge is -2.13. The molecule has 0 aliphatic heterocycles. The SMILES string of the molecule is COCC(O)C1C2C3CCC(C3)C12. The van der Waals surface area contributed by atoms with Gasteiger partial charge in [0, 0.05) is 7.11 Å². The van der Waals surface area contributed by atoms with Crippen molar-refractivity contribution in [2.75, 3.05) is 13.7 Å². The van der Waals surface area contributed by atoms with Crippen molar-refractivity contribution < 1.29 is 9.84 Å². The van der Waals surface area contributed by atoms with Crippen LogP contribution in [0.4, 0.5) is 0 Å². The average molecular weight is 182 g/mol. The van der Waals surface area contributed by atoms with Crippen LogP contribution in [0.25, 0.3) is 0 Å². The molecule has 5 unspecified atom stereocenters. The molecule has 3 aliphatic carbocycles. The molecule has 13 heavy (non-hydrogen) atoms. The maximum absolute atomic E-state index is 9.83. The van der Waals surface area contributed by atoms with Gasteiger partial charge in [-0.2, -0.15) is 0 Å². The fraction of sp³-hybridized carbons (Fsp3) is 1.00. The van der Waals surface area contributed by atoms with Gasteiger partial charge in [0.15, 0.2) is 0 Å². The highest BCUT2D eigenvalue weighted by molar-refractivity contribution is 5.14. The molecule has 3 saturated carbocycles. The highest BCUT2D eigenvalue weighted by Gasteiger charge is 2.66. The molecule has 0 saturated heterocycles. The lowest BCUT2D eigenvalue weighted by molar-refractivity contribution is 0.0392. The third kappa shape index (κ3) is 1.02. The second-order valence-electron chi connectivity index (χ2n) is 5.09. The summed E-state index contributed by atoms with van der Waals surface area (Å²) in [5.74, 6) is 4.29. The van der Waals surface area contributed by atoms with E-state index in [0.717, 1.165) is 23.7 Å². The van der Waals surface area contributed by atoms with Crippen LogP contribution in [-0.4, -0.2) is 24.9 Å². The molecule has 0 aromatic heterocycles. The summed E-state index contributed by atoms with van der Waals surface area (Å²) >= 11 is 0. The topological polar surface area (TPSA) is 29.5 Å². The first kappa shape index (κ1) is 8.25. The van der Waals surface area contributed by atoms with Gasteiger partial charge in [0.1, 0.15) is 0 Å². The van der Waals surface area contributed by atoms with Crippen molar-refractivity contribution in [2.24, 2.45) is 29.6 Å². The van der Waals surface area contributed by atoms with Gasteiger partial charge in [-0.05, 0) is 48.9 Å². The first-order chi connectivity index (χ1) is 6.33. The Labute approximate surface area is 79.3 Å². The highest BCUT2D eigenvalue weighted by atomic mass is 16.5. The van der Waals surface area contributed by atoms with E-state index in [-0.39, 0.29) is 6.10 Å². The molecule has 0 amide bonds. The van der Waals surface area contributed by atoms with Gasteiger partial charge < -0.3 is 9.84 Å². The zero-order chi connectivity index (χ0) is 9.00. The van der Waals surface area contributed by atoms with E-state index in [9.17, 15) is 5.11 Å². The normalized spacial score (nSPS) is 53.5. The molecule has 1 N–H and O–H groups in total. The van der Waals surface area contributed by atoms with E-state index in [0.29, 0.717) is 12.5 Å². The van der Waals surface area contributed by atoms with Crippen LogP contribution < -0.4 is 0 Å². The molecule has 74 valence electrons. The Balaban J connectivity index is 1.66. The van der Waals surface area contributed by atoms with E-state index in [4.69, 9.17) is 4.74 Å². The number of hydrogen-bond acceptors (Lipinski definition) is 2. The summed E-state index contributed by atoms with van der Waals surface area (Å²) in [4.78, 5) is 0. The Hall–Kier alpha value is -0.0800. The highest BCUT2D eigenvalue weighted by Crippen LogP contribution is 2.70. The zero-order valence-electron chi connectivity index (χ0n) is 8.15. The molecule has 3 aliphatic rings. The molecule has 0 spiro atoms.